The number of aromatic nitrogens is 1. The zero-order valence-corrected chi connectivity index (χ0v) is 10.1. The predicted octanol–water partition coefficient (Wildman–Crippen LogP) is 2.12. The fraction of sp³-hybridized carbons (Fsp3) is 0.250. The second-order valence-electron chi connectivity index (χ2n) is 3.94. The van der Waals surface area contributed by atoms with Crippen LogP contribution >= 0.6 is 11.5 Å². The Morgan fingerprint density at radius 2 is 2.29 bits per heavy atom. The van der Waals surface area contributed by atoms with Gasteiger partial charge in [-0.2, -0.15) is 4.37 Å². The van der Waals surface area contributed by atoms with Crippen molar-refractivity contribution in [2.24, 2.45) is 0 Å². The number of hydrogen-bond acceptors (Lipinski definition) is 5. The summed E-state index contributed by atoms with van der Waals surface area (Å²) >= 11 is 1.46. The third-order valence-corrected chi connectivity index (χ3v) is 3.63. The first-order chi connectivity index (χ1) is 8.34. The van der Waals surface area contributed by atoms with Gasteiger partial charge in [0.25, 0.3) is 0 Å². The van der Waals surface area contributed by atoms with Gasteiger partial charge in [0.1, 0.15) is 12.4 Å². The van der Waals surface area contributed by atoms with Gasteiger partial charge < -0.3 is 15.4 Å². The first kappa shape index (κ1) is 10.4. The molecule has 17 heavy (non-hydrogen) atoms. The maximum Gasteiger partial charge on any atom is 0.142 e. The lowest BCUT2D eigenvalue weighted by Crippen LogP contribution is -2.32. The molecule has 1 aromatic carbocycles. The number of nitrogen functional groups attached to an aromatic ring is 1. The lowest BCUT2D eigenvalue weighted by atomic mass is 10.2. The summed E-state index contributed by atoms with van der Waals surface area (Å²) in [5.74, 6) is 0.946. The molecule has 1 aliphatic heterocycles. The van der Waals surface area contributed by atoms with Crippen LogP contribution in [0, 0.1) is 0 Å². The zero-order chi connectivity index (χ0) is 11.7. The third-order valence-electron chi connectivity index (χ3n) is 2.84. The number of ether oxygens (including phenoxy) is 1. The Kier molecular flexibility index (Phi) is 2.60. The second-order valence-corrected chi connectivity index (χ2v) is 4.83. The molecule has 2 aromatic rings. The van der Waals surface area contributed by atoms with Crippen LogP contribution in [0.3, 0.4) is 0 Å². The highest BCUT2D eigenvalue weighted by molar-refractivity contribution is 7.06. The Labute approximate surface area is 104 Å². The minimum atomic E-state index is 0.718. The van der Waals surface area contributed by atoms with Crippen LogP contribution in [0.25, 0.3) is 0 Å². The lowest BCUT2D eigenvalue weighted by molar-refractivity contribution is 0.307. The van der Waals surface area contributed by atoms with E-state index in [-0.39, 0.29) is 0 Å². The van der Waals surface area contributed by atoms with Crippen molar-refractivity contribution in [2.45, 2.75) is 6.54 Å². The molecule has 0 unspecified atom stereocenters. The van der Waals surface area contributed by atoms with E-state index in [1.54, 1.807) is 6.20 Å². The number of hydrogen-bond donors (Lipinski definition) is 1. The zero-order valence-electron chi connectivity index (χ0n) is 9.30. The van der Waals surface area contributed by atoms with E-state index in [0.717, 1.165) is 41.7 Å². The monoisotopic (exact) mass is 247 g/mol. The van der Waals surface area contributed by atoms with Crippen LogP contribution in [0.15, 0.2) is 30.5 Å². The summed E-state index contributed by atoms with van der Waals surface area (Å²) in [5, 5.41) is 0. The molecule has 2 heterocycles. The average Bonchev–Trinajstić information content (AvgIpc) is 2.76. The molecule has 5 heteroatoms. The van der Waals surface area contributed by atoms with Crippen LogP contribution in [0.2, 0.25) is 0 Å². The Balaban J connectivity index is 1.88. The molecular formula is C12H13N3OS. The summed E-state index contributed by atoms with van der Waals surface area (Å²) in [4.78, 5) is 3.39. The van der Waals surface area contributed by atoms with Crippen molar-refractivity contribution in [3.63, 3.8) is 0 Å². The Hall–Kier alpha value is -1.75. The molecule has 0 atom stereocenters. The van der Waals surface area contributed by atoms with Crippen LogP contribution in [-0.2, 0) is 6.54 Å². The van der Waals surface area contributed by atoms with Gasteiger partial charge >= 0.3 is 0 Å². The average molecular weight is 247 g/mol. The number of rotatable bonds is 2. The molecule has 1 aliphatic rings. The van der Waals surface area contributed by atoms with Gasteiger partial charge in [0.05, 0.1) is 35.5 Å². The molecule has 88 valence electrons. The molecule has 0 saturated carbocycles. The normalized spacial score (nSPS) is 14.2. The van der Waals surface area contributed by atoms with Gasteiger partial charge in [-0.3, -0.25) is 0 Å². The van der Waals surface area contributed by atoms with Gasteiger partial charge in [-0.05, 0) is 23.7 Å². The third kappa shape index (κ3) is 1.93. The van der Waals surface area contributed by atoms with E-state index < -0.39 is 0 Å². The summed E-state index contributed by atoms with van der Waals surface area (Å²) in [6, 6.07) is 8.09. The van der Waals surface area contributed by atoms with Crippen molar-refractivity contribution < 1.29 is 4.74 Å². The fourth-order valence-corrected chi connectivity index (χ4v) is 2.62. The lowest BCUT2D eigenvalue weighted by Gasteiger charge is -2.30. The minimum absolute atomic E-state index is 0.718. The molecule has 2 N–H and O–H groups in total. The fourth-order valence-electron chi connectivity index (χ4n) is 1.96. The van der Waals surface area contributed by atoms with Gasteiger partial charge in [0.15, 0.2) is 0 Å². The standard InChI is InChI=1S/C12H13N3OS/c13-9-7-14-17-12(9)8-15-5-6-16-11-4-2-1-3-10(11)15/h1-4,7H,5-6,8,13H2. The summed E-state index contributed by atoms with van der Waals surface area (Å²) in [7, 11) is 0. The summed E-state index contributed by atoms with van der Waals surface area (Å²) in [6.07, 6.45) is 1.71. The van der Waals surface area contributed by atoms with E-state index in [2.05, 4.69) is 15.3 Å². The maximum atomic E-state index is 5.87. The molecule has 1 aromatic heterocycles. The van der Waals surface area contributed by atoms with Crippen molar-refractivity contribution in [1.82, 2.24) is 4.37 Å². The molecule has 3 rings (SSSR count). The van der Waals surface area contributed by atoms with Crippen LogP contribution in [0.1, 0.15) is 4.88 Å². The summed E-state index contributed by atoms with van der Waals surface area (Å²) in [5.41, 5.74) is 7.78. The predicted molar refractivity (Wildman–Crippen MR) is 69.5 cm³/mol. The molecule has 0 radical (unpaired) electrons. The quantitative estimate of drug-likeness (QED) is 0.883. The number of fused-ring (bicyclic) bond motifs is 1. The highest BCUT2D eigenvalue weighted by atomic mass is 32.1. The molecule has 0 spiro atoms. The summed E-state index contributed by atoms with van der Waals surface area (Å²) in [6.45, 7) is 2.40. The SMILES string of the molecule is Nc1cnsc1CN1CCOc2ccccc21. The Morgan fingerprint density at radius 3 is 3.12 bits per heavy atom. The highest BCUT2D eigenvalue weighted by Gasteiger charge is 2.18. The number of nitrogens with zero attached hydrogens (tertiary/aromatic N) is 2. The van der Waals surface area contributed by atoms with Crippen molar-refractivity contribution in [1.29, 1.82) is 0 Å². The van der Waals surface area contributed by atoms with Crippen LogP contribution in [0.4, 0.5) is 11.4 Å². The van der Waals surface area contributed by atoms with E-state index in [1.165, 1.54) is 11.5 Å². The van der Waals surface area contributed by atoms with Crippen molar-refractivity contribution in [3.8, 4) is 5.75 Å². The number of nitrogens with two attached hydrogens (primary N) is 1. The highest BCUT2D eigenvalue weighted by Crippen LogP contribution is 2.33. The van der Waals surface area contributed by atoms with E-state index in [0.29, 0.717) is 0 Å². The van der Waals surface area contributed by atoms with Crippen LogP contribution in [-0.4, -0.2) is 17.5 Å². The first-order valence-electron chi connectivity index (χ1n) is 5.50. The van der Waals surface area contributed by atoms with Crippen LogP contribution < -0.4 is 15.4 Å². The number of para-hydroxylation sites is 2. The largest absolute Gasteiger partial charge is 0.490 e. The minimum Gasteiger partial charge on any atom is -0.490 e. The van der Waals surface area contributed by atoms with E-state index in [1.807, 2.05) is 18.2 Å². The second kappa shape index (κ2) is 4.25. The first-order valence-corrected chi connectivity index (χ1v) is 6.28. The topological polar surface area (TPSA) is 51.4 Å². The van der Waals surface area contributed by atoms with Gasteiger partial charge in [-0.15, -0.1) is 0 Å². The van der Waals surface area contributed by atoms with Gasteiger partial charge in [0.2, 0.25) is 0 Å². The molecule has 0 bridgehead atoms. The molecule has 4 nitrogen and oxygen atoms in total. The van der Waals surface area contributed by atoms with Crippen molar-refractivity contribution in [3.05, 3.63) is 35.3 Å². The molecule has 0 saturated heterocycles. The molecule has 0 amide bonds. The van der Waals surface area contributed by atoms with Crippen LogP contribution in [0.5, 0.6) is 5.75 Å². The summed E-state index contributed by atoms with van der Waals surface area (Å²) < 4.78 is 9.72. The number of anilines is 2. The van der Waals surface area contributed by atoms with E-state index in [9.17, 15) is 0 Å². The number of benzene rings is 1. The van der Waals surface area contributed by atoms with E-state index in [4.69, 9.17) is 10.5 Å². The Morgan fingerprint density at radius 1 is 1.41 bits per heavy atom. The molecular weight excluding hydrogens is 234 g/mol. The van der Waals surface area contributed by atoms with Gasteiger partial charge in [0, 0.05) is 0 Å². The van der Waals surface area contributed by atoms with Crippen molar-refractivity contribution in [2.75, 3.05) is 23.8 Å². The smallest absolute Gasteiger partial charge is 0.142 e. The van der Waals surface area contributed by atoms with E-state index >= 15 is 0 Å². The van der Waals surface area contributed by atoms with Crippen molar-refractivity contribution >= 4 is 22.9 Å². The Bertz CT molecular complexity index is 526. The van der Waals surface area contributed by atoms with Gasteiger partial charge in [-0.25, -0.2) is 0 Å². The maximum absolute atomic E-state index is 5.87. The van der Waals surface area contributed by atoms with Gasteiger partial charge in [-0.1, -0.05) is 12.1 Å². The molecule has 0 aliphatic carbocycles. The molecule has 0 fully saturated rings.